The number of pyridine rings is 3. The zero-order valence-electron chi connectivity index (χ0n) is 11.7. The van der Waals surface area contributed by atoms with Crippen molar-refractivity contribution in [3.63, 3.8) is 0 Å². The molecule has 0 bridgehead atoms. The molecule has 3 N–H and O–H groups in total. The third kappa shape index (κ3) is 4.20. The first-order valence-corrected chi connectivity index (χ1v) is 9.55. The van der Waals surface area contributed by atoms with Gasteiger partial charge in [0.05, 0.1) is 0 Å². The zero-order valence-corrected chi connectivity index (χ0v) is 13.6. The molecule has 0 fully saturated rings. The van der Waals surface area contributed by atoms with Crippen LogP contribution in [0.3, 0.4) is 0 Å². The predicted octanol–water partition coefficient (Wildman–Crippen LogP) is 2.49. The number of hydrogen-bond acceptors (Lipinski definition) is 6. The molecule has 3 aromatic heterocycles. The number of rotatable bonds is 6. The molecule has 0 saturated carbocycles. The Hall–Kier alpha value is -2.59. The van der Waals surface area contributed by atoms with Crippen LogP contribution in [0, 0.1) is 0 Å². The summed E-state index contributed by atoms with van der Waals surface area (Å²) in [5.41, 5.74) is 0. The van der Waals surface area contributed by atoms with Gasteiger partial charge in [0.2, 0.25) is 0 Å². The molecule has 0 amide bonds. The Bertz CT molecular complexity index is 582. The zero-order chi connectivity index (χ0) is 15.0. The molecule has 0 atom stereocenters. The minimum atomic E-state index is -1.93. The van der Waals surface area contributed by atoms with Gasteiger partial charge in [0.15, 0.2) is 0 Å². The van der Waals surface area contributed by atoms with Crippen molar-refractivity contribution in [2.45, 2.75) is 0 Å². The van der Waals surface area contributed by atoms with E-state index >= 15 is 0 Å². The topological polar surface area (TPSA) is 74.8 Å². The third-order valence-corrected chi connectivity index (χ3v) is 5.52. The van der Waals surface area contributed by atoms with E-state index in [4.69, 9.17) is 0 Å². The Morgan fingerprint density at radius 2 is 0.909 bits per heavy atom. The van der Waals surface area contributed by atoms with Gasteiger partial charge < -0.3 is 0 Å². The molecule has 6 nitrogen and oxygen atoms in total. The molecule has 22 heavy (non-hydrogen) atoms. The SMILES string of the molecule is c1ccc(N[As](Nc2ccccn2)Nc2ccccn2)nc1. The summed E-state index contributed by atoms with van der Waals surface area (Å²) < 4.78 is 10.2. The van der Waals surface area contributed by atoms with Crippen molar-refractivity contribution >= 4 is 32.8 Å². The molecular formula is C15H15AsN6. The van der Waals surface area contributed by atoms with E-state index in [0.717, 1.165) is 17.5 Å². The molecule has 0 aliphatic rings. The first-order valence-electron chi connectivity index (χ1n) is 6.73. The fraction of sp³-hybridized carbons (Fsp3) is 0. The number of nitrogens with zero attached hydrogens (tertiary/aromatic N) is 3. The van der Waals surface area contributed by atoms with E-state index in [1.165, 1.54) is 0 Å². The van der Waals surface area contributed by atoms with Gasteiger partial charge in [-0.05, 0) is 0 Å². The maximum absolute atomic E-state index is 4.31. The van der Waals surface area contributed by atoms with E-state index in [-0.39, 0.29) is 0 Å². The second-order valence-electron chi connectivity index (χ2n) is 4.32. The van der Waals surface area contributed by atoms with E-state index in [9.17, 15) is 0 Å². The fourth-order valence-electron chi connectivity index (χ4n) is 1.71. The average molecular weight is 354 g/mol. The standard InChI is InChI=1S/C15H15AsN6/c1-4-10-17-13(7-1)20-16(21-14-8-2-5-11-18-14)22-15-9-3-6-12-19-15/h1-12H,(H,17,20)(H,18,21)(H,19,22). The Morgan fingerprint density at radius 3 is 1.18 bits per heavy atom. The monoisotopic (exact) mass is 354 g/mol. The van der Waals surface area contributed by atoms with Crippen molar-refractivity contribution in [1.82, 2.24) is 15.0 Å². The van der Waals surface area contributed by atoms with Crippen LogP contribution in [0.15, 0.2) is 73.2 Å². The molecule has 0 aliphatic heterocycles. The fourth-order valence-corrected chi connectivity index (χ4v) is 4.34. The van der Waals surface area contributed by atoms with Crippen LogP contribution in [0.4, 0.5) is 17.5 Å². The summed E-state index contributed by atoms with van der Waals surface area (Å²) in [6.07, 6.45) is 5.28. The predicted molar refractivity (Wildman–Crippen MR) is 89.3 cm³/mol. The Kier molecular flexibility index (Phi) is 4.84. The molecule has 0 aliphatic carbocycles. The molecular weight excluding hydrogens is 339 g/mol. The Balaban J connectivity index is 1.75. The molecule has 0 radical (unpaired) electrons. The normalized spacial score (nSPS) is 10.2. The summed E-state index contributed by atoms with van der Waals surface area (Å²) in [6, 6.07) is 17.3. The van der Waals surface area contributed by atoms with Gasteiger partial charge in [0.25, 0.3) is 0 Å². The van der Waals surface area contributed by atoms with Crippen molar-refractivity contribution in [3.05, 3.63) is 73.2 Å². The van der Waals surface area contributed by atoms with Crippen molar-refractivity contribution in [3.8, 4) is 0 Å². The van der Waals surface area contributed by atoms with Gasteiger partial charge >= 0.3 is 134 Å². The summed E-state index contributed by atoms with van der Waals surface area (Å²) >= 11 is -1.93. The van der Waals surface area contributed by atoms with Crippen LogP contribution in [0.5, 0.6) is 0 Å². The molecule has 0 saturated heterocycles. The van der Waals surface area contributed by atoms with Gasteiger partial charge in [-0.2, -0.15) is 0 Å². The van der Waals surface area contributed by atoms with E-state index in [2.05, 4.69) is 27.7 Å². The van der Waals surface area contributed by atoms with E-state index in [1.54, 1.807) is 18.6 Å². The summed E-state index contributed by atoms with van der Waals surface area (Å²) in [5, 5.41) is 0. The van der Waals surface area contributed by atoms with Crippen LogP contribution < -0.4 is 12.7 Å². The van der Waals surface area contributed by atoms with Crippen molar-refractivity contribution in [2.75, 3.05) is 12.7 Å². The molecule has 0 unspecified atom stereocenters. The minimum absolute atomic E-state index is 0.814. The van der Waals surface area contributed by atoms with Crippen LogP contribution in [0.2, 0.25) is 0 Å². The van der Waals surface area contributed by atoms with Gasteiger partial charge in [-0.3, -0.25) is 0 Å². The molecule has 0 spiro atoms. The van der Waals surface area contributed by atoms with Crippen LogP contribution in [-0.2, 0) is 0 Å². The van der Waals surface area contributed by atoms with E-state index < -0.39 is 15.3 Å². The average Bonchev–Trinajstić information content (AvgIpc) is 2.57. The summed E-state index contributed by atoms with van der Waals surface area (Å²) in [7, 11) is 0. The van der Waals surface area contributed by atoms with Gasteiger partial charge in [-0.1, -0.05) is 0 Å². The molecule has 0 aromatic carbocycles. The van der Waals surface area contributed by atoms with Gasteiger partial charge in [-0.25, -0.2) is 0 Å². The maximum atomic E-state index is 4.31. The molecule has 3 aromatic rings. The Morgan fingerprint density at radius 1 is 0.545 bits per heavy atom. The number of nitrogens with one attached hydrogen (secondary N) is 3. The van der Waals surface area contributed by atoms with Crippen molar-refractivity contribution < 1.29 is 0 Å². The Labute approximate surface area is 134 Å². The van der Waals surface area contributed by atoms with Gasteiger partial charge in [0.1, 0.15) is 0 Å². The van der Waals surface area contributed by atoms with E-state index in [0.29, 0.717) is 0 Å². The van der Waals surface area contributed by atoms with Crippen LogP contribution in [-0.4, -0.2) is 30.3 Å². The van der Waals surface area contributed by atoms with Crippen molar-refractivity contribution in [2.24, 2.45) is 0 Å². The quantitative estimate of drug-likeness (QED) is 0.591. The number of hydrogen-bond donors (Lipinski definition) is 3. The van der Waals surface area contributed by atoms with Crippen LogP contribution in [0.25, 0.3) is 0 Å². The second kappa shape index (κ2) is 7.43. The first kappa shape index (κ1) is 14.4. The summed E-state index contributed by atoms with van der Waals surface area (Å²) in [6.45, 7) is 0. The summed E-state index contributed by atoms with van der Waals surface area (Å²) in [5.74, 6) is 2.44. The molecule has 7 heteroatoms. The second-order valence-corrected chi connectivity index (χ2v) is 7.13. The van der Waals surface area contributed by atoms with Crippen LogP contribution in [0.1, 0.15) is 0 Å². The third-order valence-electron chi connectivity index (χ3n) is 2.67. The van der Waals surface area contributed by atoms with Crippen LogP contribution >= 0.6 is 0 Å². The number of aromatic nitrogens is 3. The van der Waals surface area contributed by atoms with Crippen molar-refractivity contribution in [1.29, 1.82) is 0 Å². The molecule has 3 heterocycles. The van der Waals surface area contributed by atoms with E-state index in [1.807, 2.05) is 54.6 Å². The number of anilines is 3. The van der Waals surface area contributed by atoms with Gasteiger partial charge in [0, 0.05) is 0 Å². The first-order chi connectivity index (χ1) is 10.9. The summed E-state index contributed by atoms with van der Waals surface area (Å²) in [4.78, 5) is 12.9. The molecule has 110 valence electrons. The molecule has 3 rings (SSSR count). The van der Waals surface area contributed by atoms with Gasteiger partial charge in [-0.15, -0.1) is 0 Å².